The molecule has 0 bridgehead atoms. The smallest absolute Gasteiger partial charge is 0.139 e. The van der Waals surface area contributed by atoms with E-state index in [1.54, 1.807) is 0 Å². The first-order valence-electron chi connectivity index (χ1n) is 10.0. The molecule has 0 aromatic carbocycles. The SMILES string of the molecule is CC[C@@H]1CC[C@@H]2CC[C@@H]3[C@H](CC[C@]4(C)C(=O)CC[C@@H]34)[C@@]2(C)C1. The number of carbonyl (C=O) groups is 1. The average molecular weight is 303 g/mol. The maximum Gasteiger partial charge on any atom is 0.139 e. The van der Waals surface area contributed by atoms with Crippen molar-refractivity contribution < 1.29 is 4.79 Å². The Hall–Kier alpha value is -0.330. The highest BCUT2D eigenvalue weighted by Crippen LogP contribution is 2.66. The number of hydrogen-bond acceptors (Lipinski definition) is 1. The zero-order valence-corrected chi connectivity index (χ0v) is 14.9. The molecule has 22 heavy (non-hydrogen) atoms. The summed E-state index contributed by atoms with van der Waals surface area (Å²) in [6.45, 7) is 7.35. The highest BCUT2D eigenvalue weighted by molar-refractivity contribution is 5.87. The van der Waals surface area contributed by atoms with Crippen molar-refractivity contribution in [2.45, 2.75) is 85.0 Å². The molecule has 4 saturated carbocycles. The molecule has 0 amide bonds. The van der Waals surface area contributed by atoms with Crippen LogP contribution in [0.2, 0.25) is 0 Å². The van der Waals surface area contributed by atoms with Gasteiger partial charge in [0.2, 0.25) is 0 Å². The lowest BCUT2D eigenvalue weighted by Gasteiger charge is -2.60. The monoisotopic (exact) mass is 302 g/mol. The molecule has 4 aliphatic carbocycles. The molecule has 4 fully saturated rings. The van der Waals surface area contributed by atoms with Gasteiger partial charge in [0.05, 0.1) is 0 Å². The van der Waals surface area contributed by atoms with Crippen LogP contribution in [0.15, 0.2) is 0 Å². The molecule has 1 heteroatoms. The molecule has 0 unspecified atom stereocenters. The van der Waals surface area contributed by atoms with Crippen LogP contribution in [0.25, 0.3) is 0 Å². The first kappa shape index (κ1) is 15.2. The van der Waals surface area contributed by atoms with Crippen LogP contribution in [0, 0.1) is 40.4 Å². The molecule has 4 aliphatic rings. The minimum absolute atomic E-state index is 0.0587. The van der Waals surface area contributed by atoms with Gasteiger partial charge in [-0.2, -0.15) is 0 Å². The zero-order chi connectivity index (χ0) is 15.5. The van der Waals surface area contributed by atoms with Gasteiger partial charge in [-0.05, 0) is 80.0 Å². The number of Topliss-reactive ketones (excluding diaryl/α,β-unsaturated/α-hetero) is 1. The van der Waals surface area contributed by atoms with Crippen molar-refractivity contribution >= 4 is 5.78 Å². The summed E-state index contributed by atoms with van der Waals surface area (Å²) in [7, 11) is 0. The summed E-state index contributed by atoms with van der Waals surface area (Å²) in [5, 5.41) is 0. The minimum Gasteiger partial charge on any atom is -0.299 e. The van der Waals surface area contributed by atoms with E-state index in [0.717, 1.165) is 36.0 Å². The molecule has 124 valence electrons. The number of carbonyl (C=O) groups excluding carboxylic acids is 1. The molecule has 0 aromatic rings. The maximum atomic E-state index is 12.5. The molecule has 1 nitrogen and oxygen atoms in total. The van der Waals surface area contributed by atoms with E-state index in [1.807, 2.05) is 0 Å². The molecule has 0 radical (unpaired) electrons. The summed E-state index contributed by atoms with van der Waals surface area (Å²) in [6, 6.07) is 0. The lowest BCUT2D eigenvalue weighted by molar-refractivity contribution is -0.140. The molecular weight excluding hydrogens is 268 g/mol. The Morgan fingerprint density at radius 3 is 2.55 bits per heavy atom. The highest BCUT2D eigenvalue weighted by Gasteiger charge is 2.60. The van der Waals surface area contributed by atoms with Gasteiger partial charge in [0, 0.05) is 11.8 Å². The summed E-state index contributed by atoms with van der Waals surface area (Å²) < 4.78 is 0. The van der Waals surface area contributed by atoms with Gasteiger partial charge in [0.1, 0.15) is 5.78 Å². The van der Waals surface area contributed by atoms with E-state index in [1.165, 1.54) is 57.8 Å². The van der Waals surface area contributed by atoms with Crippen LogP contribution in [-0.2, 0) is 4.79 Å². The van der Waals surface area contributed by atoms with Gasteiger partial charge in [-0.25, -0.2) is 0 Å². The van der Waals surface area contributed by atoms with Crippen LogP contribution in [0.5, 0.6) is 0 Å². The standard InChI is InChI=1S/C21H34O/c1-4-14-5-6-15-7-8-16-17-9-10-19(22)20(17,2)12-11-18(16)21(15,3)13-14/h14-18H,4-13H2,1-3H3/t14-,15-,16+,17+,18+,20+,21+/m1/s1. The van der Waals surface area contributed by atoms with Gasteiger partial charge >= 0.3 is 0 Å². The lowest BCUT2D eigenvalue weighted by atomic mass is 9.44. The normalized spacial score (nSPS) is 54.5. The van der Waals surface area contributed by atoms with Crippen LogP contribution in [0.1, 0.15) is 85.0 Å². The molecule has 0 spiro atoms. The molecule has 0 aliphatic heterocycles. The van der Waals surface area contributed by atoms with Gasteiger partial charge in [-0.3, -0.25) is 4.79 Å². The first-order valence-corrected chi connectivity index (χ1v) is 10.0. The molecular formula is C21H34O. The van der Waals surface area contributed by atoms with E-state index in [-0.39, 0.29) is 5.41 Å². The average Bonchev–Trinajstić information content (AvgIpc) is 2.81. The fourth-order valence-corrected chi connectivity index (χ4v) is 7.61. The fourth-order valence-electron chi connectivity index (χ4n) is 7.61. The van der Waals surface area contributed by atoms with Gasteiger partial charge in [0.25, 0.3) is 0 Å². The molecule has 0 N–H and O–H groups in total. The number of rotatable bonds is 1. The predicted octanol–water partition coefficient (Wildman–Crippen LogP) is 5.62. The second kappa shape index (κ2) is 5.08. The van der Waals surface area contributed by atoms with Crippen LogP contribution in [0.3, 0.4) is 0 Å². The Bertz CT molecular complexity index is 469. The molecule has 7 atom stereocenters. The highest BCUT2D eigenvalue weighted by atomic mass is 16.1. The fraction of sp³-hybridized carbons (Fsp3) is 0.952. The Morgan fingerprint density at radius 2 is 1.77 bits per heavy atom. The third-order valence-corrected chi connectivity index (χ3v) is 9.00. The van der Waals surface area contributed by atoms with E-state index in [0.29, 0.717) is 11.2 Å². The largest absolute Gasteiger partial charge is 0.299 e. The van der Waals surface area contributed by atoms with Gasteiger partial charge in [-0.15, -0.1) is 0 Å². The van der Waals surface area contributed by atoms with E-state index >= 15 is 0 Å². The van der Waals surface area contributed by atoms with E-state index < -0.39 is 0 Å². The first-order chi connectivity index (χ1) is 10.5. The molecule has 0 aromatic heterocycles. The van der Waals surface area contributed by atoms with Gasteiger partial charge in [0.15, 0.2) is 0 Å². The third kappa shape index (κ3) is 1.93. The van der Waals surface area contributed by atoms with Crippen molar-refractivity contribution in [2.75, 3.05) is 0 Å². The molecule has 4 rings (SSSR count). The Kier molecular flexibility index (Phi) is 3.51. The van der Waals surface area contributed by atoms with Crippen molar-refractivity contribution in [2.24, 2.45) is 40.4 Å². The summed E-state index contributed by atoms with van der Waals surface area (Å²) in [6.07, 6.45) is 13.3. The Balaban J connectivity index is 1.63. The molecule has 0 heterocycles. The van der Waals surface area contributed by atoms with Crippen LogP contribution in [-0.4, -0.2) is 5.78 Å². The predicted molar refractivity (Wildman–Crippen MR) is 90.5 cm³/mol. The summed E-state index contributed by atoms with van der Waals surface area (Å²) >= 11 is 0. The van der Waals surface area contributed by atoms with E-state index in [9.17, 15) is 4.79 Å². The Labute approximate surface area is 136 Å². The van der Waals surface area contributed by atoms with Gasteiger partial charge in [-0.1, -0.05) is 33.6 Å². The quantitative estimate of drug-likeness (QED) is 0.614. The van der Waals surface area contributed by atoms with Crippen molar-refractivity contribution in [3.63, 3.8) is 0 Å². The van der Waals surface area contributed by atoms with E-state index in [2.05, 4.69) is 20.8 Å². The van der Waals surface area contributed by atoms with Crippen molar-refractivity contribution in [1.82, 2.24) is 0 Å². The zero-order valence-electron chi connectivity index (χ0n) is 14.9. The Morgan fingerprint density at radius 1 is 1.00 bits per heavy atom. The summed E-state index contributed by atoms with van der Waals surface area (Å²) in [5.74, 6) is 5.06. The van der Waals surface area contributed by atoms with Crippen LogP contribution in [0.4, 0.5) is 0 Å². The minimum atomic E-state index is 0.0587. The van der Waals surface area contributed by atoms with Gasteiger partial charge < -0.3 is 0 Å². The molecule has 0 saturated heterocycles. The number of fused-ring (bicyclic) bond motifs is 5. The lowest BCUT2D eigenvalue weighted by Crippen LogP contribution is -2.53. The van der Waals surface area contributed by atoms with Crippen molar-refractivity contribution in [3.8, 4) is 0 Å². The summed E-state index contributed by atoms with van der Waals surface area (Å²) in [4.78, 5) is 12.5. The second-order valence-corrected chi connectivity index (χ2v) is 9.63. The van der Waals surface area contributed by atoms with Crippen LogP contribution >= 0.6 is 0 Å². The van der Waals surface area contributed by atoms with E-state index in [4.69, 9.17) is 0 Å². The third-order valence-electron chi connectivity index (χ3n) is 9.00. The second-order valence-electron chi connectivity index (χ2n) is 9.63. The number of hydrogen-bond donors (Lipinski definition) is 0. The maximum absolute atomic E-state index is 12.5. The van der Waals surface area contributed by atoms with Crippen molar-refractivity contribution in [1.29, 1.82) is 0 Å². The topological polar surface area (TPSA) is 17.1 Å². The summed E-state index contributed by atoms with van der Waals surface area (Å²) in [5.41, 5.74) is 0.651. The van der Waals surface area contributed by atoms with Crippen molar-refractivity contribution in [3.05, 3.63) is 0 Å². The number of ketones is 1. The van der Waals surface area contributed by atoms with Crippen LogP contribution < -0.4 is 0 Å².